The van der Waals surface area contributed by atoms with Crippen LogP contribution in [-0.2, 0) is 37.4 Å². The quantitative estimate of drug-likeness (QED) is 0.518. The van der Waals surface area contributed by atoms with Crippen LogP contribution in [0, 0.1) is 0 Å². The van der Waals surface area contributed by atoms with Gasteiger partial charge in [0.15, 0.2) is 11.8 Å². The SMILES string of the molecule is CCNC(=NCc1cccc(CN(C)C)c1)NC1CCc2nc(COC)nn2C1. The predicted molar refractivity (Wildman–Crippen MR) is 115 cm³/mol. The lowest BCUT2D eigenvalue weighted by molar-refractivity contribution is 0.177. The molecule has 158 valence electrons. The minimum Gasteiger partial charge on any atom is -0.377 e. The fourth-order valence-corrected chi connectivity index (χ4v) is 3.54. The summed E-state index contributed by atoms with van der Waals surface area (Å²) in [5.41, 5.74) is 2.52. The summed E-state index contributed by atoms with van der Waals surface area (Å²) in [5.74, 6) is 2.63. The second-order valence-electron chi connectivity index (χ2n) is 7.69. The lowest BCUT2D eigenvalue weighted by atomic mass is 10.1. The van der Waals surface area contributed by atoms with Crippen molar-refractivity contribution in [3.63, 3.8) is 0 Å². The van der Waals surface area contributed by atoms with Crippen molar-refractivity contribution < 1.29 is 4.74 Å². The van der Waals surface area contributed by atoms with Gasteiger partial charge in [-0.25, -0.2) is 14.7 Å². The van der Waals surface area contributed by atoms with Crippen LogP contribution in [0.4, 0.5) is 0 Å². The highest BCUT2D eigenvalue weighted by Crippen LogP contribution is 2.14. The van der Waals surface area contributed by atoms with Gasteiger partial charge in [0.25, 0.3) is 0 Å². The van der Waals surface area contributed by atoms with Crippen LogP contribution in [0.2, 0.25) is 0 Å². The summed E-state index contributed by atoms with van der Waals surface area (Å²) in [6, 6.07) is 8.90. The summed E-state index contributed by atoms with van der Waals surface area (Å²) in [4.78, 5) is 11.5. The van der Waals surface area contributed by atoms with Gasteiger partial charge in [-0.2, -0.15) is 5.10 Å². The Balaban J connectivity index is 1.62. The number of methoxy groups -OCH3 is 1. The van der Waals surface area contributed by atoms with Crippen molar-refractivity contribution in [1.29, 1.82) is 0 Å². The van der Waals surface area contributed by atoms with Crippen molar-refractivity contribution in [1.82, 2.24) is 30.3 Å². The second-order valence-corrected chi connectivity index (χ2v) is 7.69. The van der Waals surface area contributed by atoms with E-state index in [0.29, 0.717) is 13.2 Å². The zero-order valence-corrected chi connectivity index (χ0v) is 18.0. The van der Waals surface area contributed by atoms with E-state index in [1.54, 1.807) is 7.11 Å². The standard InChI is InChI=1S/C21H33N7O/c1-5-22-21(23-12-16-7-6-8-17(11-16)13-27(2)3)24-18-9-10-20-25-19(15-29-4)26-28(20)14-18/h6-8,11,18H,5,9-10,12-15H2,1-4H3,(H2,22,23,24). The summed E-state index contributed by atoms with van der Waals surface area (Å²) < 4.78 is 7.14. The van der Waals surface area contributed by atoms with Crippen molar-refractivity contribution in [2.24, 2.45) is 4.99 Å². The average molecular weight is 400 g/mol. The Hall–Kier alpha value is -2.45. The number of aryl methyl sites for hydroxylation is 1. The van der Waals surface area contributed by atoms with Gasteiger partial charge < -0.3 is 20.3 Å². The van der Waals surface area contributed by atoms with E-state index in [0.717, 1.165) is 50.1 Å². The fraction of sp³-hybridized carbons (Fsp3) is 0.571. The number of nitrogens with one attached hydrogen (secondary N) is 2. The van der Waals surface area contributed by atoms with Crippen molar-refractivity contribution in [3.8, 4) is 0 Å². The van der Waals surface area contributed by atoms with Crippen molar-refractivity contribution in [3.05, 3.63) is 47.0 Å². The van der Waals surface area contributed by atoms with Crippen molar-refractivity contribution >= 4 is 5.96 Å². The van der Waals surface area contributed by atoms with E-state index < -0.39 is 0 Å². The van der Waals surface area contributed by atoms with Gasteiger partial charge in [0, 0.05) is 32.7 Å². The largest absolute Gasteiger partial charge is 0.377 e. The second kappa shape index (κ2) is 10.4. The van der Waals surface area contributed by atoms with E-state index >= 15 is 0 Å². The zero-order chi connectivity index (χ0) is 20.6. The molecule has 0 bridgehead atoms. The number of hydrogen-bond donors (Lipinski definition) is 2. The molecule has 1 aliphatic rings. The summed E-state index contributed by atoms with van der Waals surface area (Å²) in [5, 5.41) is 11.5. The Morgan fingerprint density at radius 3 is 2.93 bits per heavy atom. The summed E-state index contributed by atoms with van der Waals surface area (Å²) in [6.07, 6.45) is 1.91. The molecule has 8 nitrogen and oxygen atoms in total. The Labute approximate surface area is 173 Å². The van der Waals surface area contributed by atoms with Crippen molar-refractivity contribution in [2.75, 3.05) is 27.7 Å². The molecule has 29 heavy (non-hydrogen) atoms. The van der Waals surface area contributed by atoms with E-state index in [4.69, 9.17) is 9.73 Å². The molecule has 0 aliphatic carbocycles. The number of benzene rings is 1. The molecule has 0 radical (unpaired) electrons. The van der Waals surface area contributed by atoms with Gasteiger partial charge >= 0.3 is 0 Å². The maximum Gasteiger partial charge on any atom is 0.191 e. The van der Waals surface area contributed by atoms with Gasteiger partial charge in [0.1, 0.15) is 12.4 Å². The molecule has 0 spiro atoms. The first-order chi connectivity index (χ1) is 14.1. The molecule has 0 saturated heterocycles. The summed E-state index contributed by atoms with van der Waals surface area (Å²) in [6.45, 7) is 5.73. The number of nitrogens with zero attached hydrogens (tertiary/aromatic N) is 5. The van der Waals surface area contributed by atoms with E-state index in [2.05, 4.69) is 70.9 Å². The van der Waals surface area contributed by atoms with E-state index in [1.807, 2.05) is 4.68 Å². The molecule has 1 aromatic carbocycles. The van der Waals surface area contributed by atoms with Crippen LogP contribution < -0.4 is 10.6 Å². The molecule has 3 rings (SSSR count). The lowest BCUT2D eigenvalue weighted by Crippen LogP contribution is -2.47. The van der Waals surface area contributed by atoms with Crippen LogP contribution in [0.25, 0.3) is 0 Å². The van der Waals surface area contributed by atoms with Gasteiger partial charge in [-0.1, -0.05) is 24.3 Å². The predicted octanol–water partition coefficient (Wildman–Crippen LogP) is 1.56. The Kier molecular flexibility index (Phi) is 7.60. The van der Waals surface area contributed by atoms with E-state index in [9.17, 15) is 0 Å². The number of fused-ring (bicyclic) bond motifs is 1. The number of aliphatic imine (C=N–C) groups is 1. The van der Waals surface area contributed by atoms with Gasteiger partial charge in [0.2, 0.25) is 0 Å². The zero-order valence-electron chi connectivity index (χ0n) is 18.0. The lowest BCUT2D eigenvalue weighted by Gasteiger charge is -2.25. The van der Waals surface area contributed by atoms with Crippen molar-refractivity contribution in [2.45, 2.75) is 52.0 Å². The maximum absolute atomic E-state index is 5.15. The average Bonchev–Trinajstić information content (AvgIpc) is 3.08. The molecule has 1 unspecified atom stereocenters. The molecule has 2 aromatic rings. The molecule has 1 aromatic heterocycles. The van der Waals surface area contributed by atoms with Crippen LogP contribution in [0.15, 0.2) is 29.3 Å². The molecule has 1 atom stereocenters. The highest BCUT2D eigenvalue weighted by atomic mass is 16.5. The Morgan fingerprint density at radius 2 is 2.17 bits per heavy atom. The number of aromatic nitrogens is 3. The first-order valence-electron chi connectivity index (χ1n) is 10.3. The monoisotopic (exact) mass is 399 g/mol. The first kappa shape index (κ1) is 21.3. The molecule has 0 saturated carbocycles. The number of guanidine groups is 1. The third-order valence-electron chi connectivity index (χ3n) is 4.77. The van der Waals surface area contributed by atoms with Gasteiger partial charge in [0.05, 0.1) is 13.1 Å². The molecular formula is C21H33N7O. The Morgan fingerprint density at radius 1 is 1.34 bits per heavy atom. The Bertz CT molecular complexity index is 815. The van der Waals surface area contributed by atoms with Crippen LogP contribution >= 0.6 is 0 Å². The third-order valence-corrected chi connectivity index (χ3v) is 4.77. The summed E-state index contributed by atoms with van der Waals surface area (Å²) in [7, 11) is 5.83. The minimum absolute atomic E-state index is 0.275. The molecule has 2 heterocycles. The molecule has 1 aliphatic heterocycles. The maximum atomic E-state index is 5.15. The van der Waals surface area contributed by atoms with Crippen LogP contribution in [0.5, 0.6) is 0 Å². The number of hydrogen-bond acceptors (Lipinski definition) is 5. The van der Waals surface area contributed by atoms with Crippen LogP contribution in [-0.4, -0.2) is 59.4 Å². The fourth-order valence-electron chi connectivity index (χ4n) is 3.54. The van der Waals surface area contributed by atoms with E-state index in [1.165, 1.54) is 11.1 Å². The topological polar surface area (TPSA) is 79.6 Å². The molecule has 2 N–H and O–H groups in total. The van der Waals surface area contributed by atoms with Gasteiger partial charge in [-0.15, -0.1) is 0 Å². The first-order valence-corrected chi connectivity index (χ1v) is 10.3. The van der Waals surface area contributed by atoms with Crippen LogP contribution in [0.1, 0.15) is 36.1 Å². The summed E-state index contributed by atoms with van der Waals surface area (Å²) >= 11 is 0. The molecular weight excluding hydrogens is 366 g/mol. The van der Waals surface area contributed by atoms with Crippen LogP contribution in [0.3, 0.4) is 0 Å². The number of rotatable bonds is 8. The van der Waals surface area contributed by atoms with Gasteiger partial charge in [-0.3, -0.25) is 0 Å². The van der Waals surface area contributed by atoms with E-state index in [-0.39, 0.29) is 6.04 Å². The smallest absolute Gasteiger partial charge is 0.191 e. The normalized spacial score (nSPS) is 16.7. The highest BCUT2D eigenvalue weighted by Gasteiger charge is 2.22. The number of ether oxygens (including phenoxy) is 1. The molecule has 8 heteroatoms. The highest BCUT2D eigenvalue weighted by molar-refractivity contribution is 5.80. The third kappa shape index (κ3) is 6.27. The van der Waals surface area contributed by atoms with Gasteiger partial charge in [-0.05, 0) is 38.6 Å². The molecule has 0 fully saturated rings. The minimum atomic E-state index is 0.275. The molecule has 0 amide bonds.